The summed E-state index contributed by atoms with van der Waals surface area (Å²) in [6, 6.07) is 13.8. The van der Waals surface area contributed by atoms with E-state index in [1.165, 1.54) is 6.08 Å². The molecule has 0 heterocycles. The zero-order valence-electron chi connectivity index (χ0n) is 21.1. The fourth-order valence-electron chi connectivity index (χ4n) is 3.95. The first-order valence-corrected chi connectivity index (χ1v) is 11.9. The molecule has 0 aliphatic carbocycles. The van der Waals surface area contributed by atoms with E-state index < -0.39 is 12.6 Å². The highest BCUT2D eigenvalue weighted by atomic mass is 19.4. The van der Waals surface area contributed by atoms with Crippen molar-refractivity contribution in [3.8, 4) is 0 Å². The van der Waals surface area contributed by atoms with Crippen molar-refractivity contribution in [2.24, 2.45) is 0 Å². The Hall–Kier alpha value is -3.14. The van der Waals surface area contributed by atoms with Crippen molar-refractivity contribution in [2.75, 3.05) is 0 Å². The summed E-state index contributed by atoms with van der Waals surface area (Å²) in [4.78, 5) is 0. The fraction of sp³-hybridized carbons (Fsp3) is 0.290. The van der Waals surface area contributed by atoms with Crippen molar-refractivity contribution in [3.05, 3.63) is 112 Å². The Kier molecular flexibility index (Phi) is 10.5. The van der Waals surface area contributed by atoms with Gasteiger partial charge in [0.1, 0.15) is 5.83 Å². The quantitative estimate of drug-likeness (QED) is 0.189. The van der Waals surface area contributed by atoms with Gasteiger partial charge in [0.2, 0.25) is 0 Å². The van der Waals surface area contributed by atoms with Crippen LogP contribution in [-0.2, 0) is 0 Å². The van der Waals surface area contributed by atoms with Crippen LogP contribution in [0.15, 0.2) is 90.1 Å². The lowest BCUT2D eigenvalue weighted by molar-refractivity contribution is -0.122. The molecule has 0 saturated carbocycles. The summed E-state index contributed by atoms with van der Waals surface area (Å²) in [5.41, 5.74) is 4.42. The van der Waals surface area contributed by atoms with Gasteiger partial charge in [-0.2, -0.15) is 13.2 Å². The molecule has 0 bridgehead atoms. The minimum Gasteiger partial charge on any atom is -0.207 e. The van der Waals surface area contributed by atoms with Gasteiger partial charge in [0, 0.05) is 5.56 Å². The predicted octanol–water partition coefficient (Wildman–Crippen LogP) is 10.4. The smallest absolute Gasteiger partial charge is 0.207 e. The zero-order valence-corrected chi connectivity index (χ0v) is 21.1. The van der Waals surface area contributed by atoms with Gasteiger partial charge in [-0.3, -0.25) is 0 Å². The number of aryl methyl sites for hydroxylation is 1. The van der Waals surface area contributed by atoms with Crippen molar-refractivity contribution in [1.82, 2.24) is 0 Å². The summed E-state index contributed by atoms with van der Waals surface area (Å²) in [7, 11) is 0. The van der Waals surface area contributed by atoms with E-state index >= 15 is 0 Å². The van der Waals surface area contributed by atoms with Crippen LogP contribution in [0, 0.1) is 6.92 Å². The number of hydrogen-bond acceptors (Lipinski definition) is 0. The van der Waals surface area contributed by atoms with Gasteiger partial charge in [-0.15, -0.1) is 0 Å². The van der Waals surface area contributed by atoms with E-state index in [0.29, 0.717) is 34.3 Å². The van der Waals surface area contributed by atoms with E-state index in [1.807, 2.05) is 39.0 Å². The van der Waals surface area contributed by atoms with Crippen molar-refractivity contribution >= 4 is 17.0 Å². The average Bonchev–Trinajstić information content (AvgIpc) is 2.81. The van der Waals surface area contributed by atoms with Gasteiger partial charge in [-0.1, -0.05) is 86.2 Å². The Morgan fingerprint density at radius 1 is 0.886 bits per heavy atom. The third-order valence-electron chi connectivity index (χ3n) is 5.62. The lowest BCUT2D eigenvalue weighted by atomic mass is 9.85. The normalized spacial score (nSPS) is 14.5. The summed E-state index contributed by atoms with van der Waals surface area (Å²) in [6.45, 7) is 9.44. The van der Waals surface area contributed by atoms with Gasteiger partial charge >= 0.3 is 6.18 Å². The predicted molar refractivity (Wildman–Crippen MR) is 141 cm³/mol. The molecule has 4 heteroatoms. The lowest BCUT2D eigenvalue weighted by Gasteiger charge is -2.20. The minimum atomic E-state index is -4.42. The zero-order chi connectivity index (χ0) is 26.0. The van der Waals surface area contributed by atoms with Crippen LogP contribution in [0.5, 0.6) is 0 Å². The Bertz CT molecular complexity index is 1140. The molecular weight excluding hydrogens is 448 g/mol. The van der Waals surface area contributed by atoms with Crippen molar-refractivity contribution in [2.45, 2.75) is 60.1 Å². The number of halogens is 4. The van der Waals surface area contributed by atoms with E-state index in [1.54, 1.807) is 62.4 Å². The maximum atomic E-state index is 14.9. The molecule has 186 valence electrons. The first-order chi connectivity index (χ1) is 16.6. The monoisotopic (exact) mass is 482 g/mol. The van der Waals surface area contributed by atoms with E-state index in [0.717, 1.165) is 17.6 Å². The first kappa shape index (κ1) is 28.1. The summed E-state index contributed by atoms with van der Waals surface area (Å²) in [5.74, 6) is -0.373. The topological polar surface area (TPSA) is 0 Å². The summed E-state index contributed by atoms with van der Waals surface area (Å²) in [5, 5.41) is 0. The Morgan fingerprint density at radius 2 is 1.54 bits per heavy atom. The molecule has 0 atom stereocenters. The van der Waals surface area contributed by atoms with E-state index in [-0.39, 0.29) is 11.4 Å². The molecule has 2 aromatic rings. The second kappa shape index (κ2) is 13.1. The number of rotatable bonds is 9. The summed E-state index contributed by atoms with van der Waals surface area (Å²) < 4.78 is 56.5. The SMILES string of the molecule is C/C=C(\C=C/C(C)=C/CC)C(=C(/CC(F)(F)F)c1ccccc1)/c1ccc(C)c(/C(F)=C/CC)c1. The number of alkyl halides is 3. The van der Waals surface area contributed by atoms with Gasteiger partial charge < -0.3 is 0 Å². The maximum Gasteiger partial charge on any atom is 0.393 e. The largest absolute Gasteiger partial charge is 0.393 e. The van der Waals surface area contributed by atoms with Gasteiger partial charge in [0.15, 0.2) is 0 Å². The molecule has 0 saturated heterocycles. The van der Waals surface area contributed by atoms with Gasteiger partial charge in [0.25, 0.3) is 0 Å². The standard InChI is InChI=1S/C31H34F4/c1-6-12-22(4)16-18-24(8-3)30(26-19-17-23(5)27(20-26)29(32)13-7-2)28(21-31(33,34)35)25-14-10-9-11-15-25/h8-20H,6-7,21H2,1-5H3/b18-16-,22-12+,24-8+,29-13-,30-28+. The molecule has 0 unspecified atom stereocenters. The van der Waals surface area contributed by atoms with Gasteiger partial charge in [0.05, 0.1) is 6.42 Å². The Labute approximate surface area is 207 Å². The summed E-state index contributed by atoms with van der Waals surface area (Å²) >= 11 is 0. The second-order valence-electron chi connectivity index (χ2n) is 8.44. The average molecular weight is 483 g/mol. The molecule has 0 fully saturated rings. The third-order valence-corrected chi connectivity index (χ3v) is 5.62. The number of hydrogen-bond donors (Lipinski definition) is 0. The molecular formula is C31H34F4. The maximum absolute atomic E-state index is 14.9. The van der Waals surface area contributed by atoms with Crippen molar-refractivity contribution < 1.29 is 17.6 Å². The van der Waals surface area contributed by atoms with Gasteiger partial charge in [-0.25, -0.2) is 4.39 Å². The molecule has 0 aliphatic rings. The van der Waals surface area contributed by atoms with E-state index in [4.69, 9.17) is 0 Å². The summed E-state index contributed by atoms with van der Waals surface area (Å²) in [6.07, 6.45) is 4.95. The van der Waals surface area contributed by atoms with Crippen LogP contribution < -0.4 is 0 Å². The van der Waals surface area contributed by atoms with Crippen LogP contribution in [-0.4, -0.2) is 6.18 Å². The molecule has 0 aromatic heterocycles. The number of allylic oxidation sites excluding steroid dienone is 9. The molecule has 0 aliphatic heterocycles. The van der Waals surface area contributed by atoms with Crippen LogP contribution in [0.4, 0.5) is 17.6 Å². The molecule has 0 spiro atoms. The highest BCUT2D eigenvalue weighted by Crippen LogP contribution is 2.40. The van der Waals surface area contributed by atoms with Crippen molar-refractivity contribution in [3.63, 3.8) is 0 Å². The second-order valence-corrected chi connectivity index (χ2v) is 8.44. The highest BCUT2D eigenvalue weighted by Gasteiger charge is 2.31. The van der Waals surface area contributed by atoms with Crippen LogP contribution in [0.2, 0.25) is 0 Å². The molecule has 0 amide bonds. The Balaban J connectivity index is 2.93. The van der Waals surface area contributed by atoms with Crippen LogP contribution in [0.25, 0.3) is 17.0 Å². The van der Waals surface area contributed by atoms with E-state index in [2.05, 4.69) is 6.08 Å². The van der Waals surface area contributed by atoms with Crippen LogP contribution in [0.3, 0.4) is 0 Å². The molecule has 0 N–H and O–H groups in total. The van der Waals surface area contributed by atoms with Crippen LogP contribution >= 0.6 is 0 Å². The van der Waals surface area contributed by atoms with E-state index in [9.17, 15) is 17.6 Å². The highest BCUT2D eigenvalue weighted by molar-refractivity contribution is 6.00. The minimum absolute atomic E-state index is 0.155. The molecule has 0 nitrogen and oxygen atoms in total. The Morgan fingerprint density at radius 3 is 2.11 bits per heavy atom. The fourth-order valence-corrected chi connectivity index (χ4v) is 3.95. The third kappa shape index (κ3) is 8.24. The van der Waals surface area contributed by atoms with Crippen LogP contribution in [0.1, 0.15) is 69.2 Å². The molecule has 2 rings (SSSR count). The van der Waals surface area contributed by atoms with Gasteiger partial charge in [-0.05, 0) is 79.2 Å². The molecule has 35 heavy (non-hydrogen) atoms. The molecule has 2 aromatic carbocycles. The first-order valence-electron chi connectivity index (χ1n) is 11.9. The number of benzene rings is 2. The lowest BCUT2D eigenvalue weighted by Crippen LogP contribution is -2.10. The van der Waals surface area contributed by atoms with Crippen molar-refractivity contribution in [1.29, 1.82) is 0 Å². The molecule has 0 radical (unpaired) electrons.